The number of halogens is 1. The van der Waals surface area contributed by atoms with Crippen molar-refractivity contribution in [2.24, 2.45) is 0 Å². The molecule has 1 fully saturated rings. The fraction of sp³-hybridized carbons (Fsp3) is 0.391. The summed E-state index contributed by atoms with van der Waals surface area (Å²) < 4.78 is 18.3. The van der Waals surface area contributed by atoms with Crippen molar-refractivity contribution in [3.8, 4) is 11.8 Å². The Kier molecular flexibility index (Phi) is 8.07. The Morgan fingerprint density at radius 1 is 1.09 bits per heavy atom. The number of nitrogens with one attached hydrogen (secondary N) is 1. The largest absolute Gasteiger partial charge is 0.492 e. The molecule has 186 valence electrons. The van der Waals surface area contributed by atoms with Crippen LogP contribution in [-0.4, -0.2) is 100 Å². The minimum atomic E-state index is -1.20. The number of Topliss-reactive ketones (excluding diaryl/α,β-unsaturated/α-hetero) is 1. The van der Waals surface area contributed by atoms with E-state index in [4.69, 9.17) is 10.1 Å². The first-order chi connectivity index (χ1) is 16.6. The van der Waals surface area contributed by atoms with Gasteiger partial charge in [0.05, 0.1) is 7.11 Å². The smallest absolute Gasteiger partial charge is 0.296 e. The maximum absolute atomic E-state index is 13.3. The maximum atomic E-state index is 13.3. The number of hydrogen-bond acceptors (Lipinski definition) is 9. The molecule has 1 aromatic heterocycles. The van der Waals surface area contributed by atoms with E-state index in [9.17, 15) is 23.9 Å². The molecule has 0 bridgehead atoms. The molecule has 1 saturated heterocycles. The first kappa shape index (κ1) is 25.7. The Balaban J connectivity index is 1.79. The monoisotopic (exact) mass is 486 g/mol. The van der Waals surface area contributed by atoms with Crippen LogP contribution in [0.3, 0.4) is 0 Å². The summed E-state index contributed by atoms with van der Waals surface area (Å²) in [7, 11) is 3.94. The van der Waals surface area contributed by atoms with Gasteiger partial charge in [-0.1, -0.05) is 12.1 Å². The number of benzene rings is 1. The number of carbonyl (C=O) groups excluding carboxylic acids is 3. The molecule has 0 unspecified atom stereocenters. The van der Waals surface area contributed by atoms with Gasteiger partial charge in [0.2, 0.25) is 11.8 Å². The Labute approximate surface area is 201 Å². The first-order valence-electron chi connectivity index (χ1n) is 10.9. The molecule has 2 heterocycles. The minimum Gasteiger partial charge on any atom is -0.492 e. The van der Waals surface area contributed by atoms with Crippen LogP contribution in [0.25, 0.3) is 0 Å². The lowest BCUT2D eigenvalue weighted by molar-refractivity contribution is -0.139. The van der Waals surface area contributed by atoms with Gasteiger partial charge in [-0.3, -0.25) is 24.7 Å². The third-order valence-electron chi connectivity index (χ3n) is 5.50. The van der Waals surface area contributed by atoms with Crippen LogP contribution < -0.4 is 4.74 Å². The number of aromatic hydroxyl groups is 1. The second-order valence-corrected chi connectivity index (χ2v) is 8.21. The zero-order chi connectivity index (χ0) is 25.7. The lowest BCUT2D eigenvalue weighted by atomic mass is 10.1. The molecule has 2 N–H and O–H groups in total. The number of carbonyl (C=O) groups is 3. The van der Waals surface area contributed by atoms with Crippen molar-refractivity contribution in [3.63, 3.8) is 0 Å². The zero-order valence-electron chi connectivity index (χ0n) is 19.7. The van der Waals surface area contributed by atoms with Crippen molar-refractivity contribution < 1.29 is 28.6 Å². The van der Waals surface area contributed by atoms with Crippen molar-refractivity contribution in [2.75, 3.05) is 47.4 Å². The molecule has 1 aliphatic heterocycles. The number of likely N-dealkylation sites (N-methyl/N-ethyl adjacent to an activating group) is 1. The van der Waals surface area contributed by atoms with Gasteiger partial charge in [-0.25, -0.2) is 9.37 Å². The van der Waals surface area contributed by atoms with Crippen LogP contribution in [0, 0.1) is 11.2 Å². The number of ether oxygens (including phenoxy) is 1. The molecule has 0 radical (unpaired) electrons. The third-order valence-corrected chi connectivity index (χ3v) is 5.50. The summed E-state index contributed by atoms with van der Waals surface area (Å²) >= 11 is 0. The standard InChI is InChI=1S/C23H27FN6O5/c1-28(2)23(34)19(31)16(25)17-20(32)27-21(35-3)18(26-17)22(33)30-10-4-9-29(11-12-30)13-14-5-7-15(24)8-6-14/h5-8,25H,4,9-13H2,1-3H3,(H,27,32). The van der Waals surface area contributed by atoms with Gasteiger partial charge < -0.3 is 19.6 Å². The Bertz CT molecular complexity index is 1140. The van der Waals surface area contributed by atoms with Gasteiger partial charge in [-0.2, -0.15) is 4.98 Å². The van der Waals surface area contributed by atoms with Gasteiger partial charge in [-0.15, -0.1) is 0 Å². The highest BCUT2D eigenvalue weighted by molar-refractivity contribution is 6.67. The lowest BCUT2D eigenvalue weighted by Crippen LogP contribution is -2.37. The molecule has 0 spiro atoms. The van der Waals surface area contributed by atoms with Gasteiger partial charge in [0, 0.05) is 46.8 Å². The van der Waals surface area contributed by atoms with Gasteiger partial charge in [-0.05, 0) is 24.1 Å². The molecular formula is C23H27FN6O5. The van der Waals surface area contributed by atoms with Crippen molar-refractivity contribution in [2.45, 2.75) is 13.0 Å². The second-order valence-electron chi connectivity index (χ2n) is 8.21. The molecular weight excluding hydrogens is 459 g/mol. The highest BCUT2D eigenvalue weighted by atomic mass is 19.1. The summed E-state index contributed by atoms with van der Waals surface area (Å²) in [6.07, 6.45) is 0.666. The Morgan fingerprint density at radius 3 is 2.40 bits per heavy atom. The average Bonchev–Trinajstić information content (AvgIpc) is 3.08. The van der Waals surface area contributed by atoms with Crippen molar-refractivity contribution in [3.05, 3.63) is 47.0 Å². The molecule has 1 aliphatic rings. The van der Waals surface area contributed by atoms with E-state index < -0.39 is 34.9 Å². The van der Waals surface area contributed by atoms with Gasteiger partial charge in [0.1, 0.15) is 11.5 Å². The topological polar surface area (TPSA) is 140 Å². The SMILES string of the molecule is COc1nc(O)c(C(=N)C(=O)C(=O)N(C)C)nc1C(=O)N1CCCN(Cc2ccc(F)cc2)CC1. The molecule has 0 saturated carbocycles. The fourth-order valence-electron chi connectivity index (χ4n) is 3.61. The van der Waals surface area contributed by atoms with Gasteiger partial charge in [0.15, 0.2) is 11.4 Å². The highest BCUT2D eigenvalue weighted by Crippen LogP contribution is 2.23. The van der Waals surface area contributed by atoms with E-state index in [0.717, 1.165) is 17.0 Å². The number of aromatic nitrogens is 2. The van der Waals surface area contributed by atoms with E-state index in [1.807, 2.05) is 0 Å². The summed E-state index contributed by atoms with van der Waals surface area (Å²) in [5, 5.41) is 18.2. The molecule has 1 aromatic carbocycles. The van der Waals surface area contributed by atoms with Crippen molar-refractivity contribution >= 4 is 23.3 Å². The third kappa shape index (κ3) is 5.96. The first-order valence-corrected chi connectivity index (χ1v) is 10.9. The molecule has 11 nitrogen and oxygen atoms in total. The van der Waals surface area contributed by atoms with Crippen LogP contribution >= 0.6 is 0 Å². The van der Waals surface area contributed by atoms with Crippen LogP contribution in [-0.2, 0) is 16.1 Å². The maximum Gasteiger partial charge on any atom is 0.296 e. The van der Waals surface area contributed by atoms with E-state index in [1.54, 1.807) is 17.0 Å². The number of nitrogens with zero attached hydrogens (tertiary/aromatic N) is 5. The molecule has 0 aliphatic carbocycles. The normalized spacial score (nSPS) is 14.2. The number of ketones is 1. The van der Waals surface area contributed by atoms with E-state index in [-0.39, 0.29) is 17.4 Å². The molecule has 2 amide bonds. The Morgan fingerprint density at radius 2 is 1.77 bits per heavy atom. The molecule has 35 heavy (non-hydrogen) atoms. The molecule has 12 heteroatoms. The summed E-state index contributed by atoms with van der Waals surface area (Å²) in [6, 6.07) is 6.26. The number of amides is 2. The van der Waals surface area contributed by atoms with Gasteiger partial charge in [0.25, 0.3) is 17.6 Å². The minimum absolute atomic E-state index is 0.261. The molecule has 0 atom stereocenters. The average molecular weight is 487 g/mol. The highest BCUT2D eigenvalue weighted by Gasteiger charge is 2.31. The van der Waals surface area contributed by atoms with Crippen LogP contribution in [0.1, 0.15) is 28.2 Å². The fourth-order valence-corrected chi connectivity index (χ4v) is 3.61. The Hall–Kier alpha value is -3.93. The van der Waals surface area contributed by atoms with Crippen LogP contribution in [0.15, 0.2) is 24.3 Å². The van der Waals surface area contributed by atoms with Crippen LogP contribution in [0.4, 0.5) is 4.39 Å². The van der Waals surface area contributed by atoms with Crippen LogP contribution in [0.5, 0.6) is 11.8 Å². The lowest BCUT2D eigenvalue weighted by Gasteiger charge is -2.22. The van der Waals surface area contributed by atoms with E-state index in [2.05, 4.69) is 14.9 Å². The summed E-state index contributed by atoms with van der Waals surface area (Å²) in [5.74, 6) is -4.08. The predicted octanol–water partition coefficient (Wildman–Crippen LogP) is 0.703. The van der Waals surface area contributed by atoms with Crippen LogP contribution in [0.2, 0.25) is 0 Å². The van der Waals surface area contributed by atoms with E-state index >= 15 is 0 Å². The van der Waals surface area contributed by atoms with E-state index in [1.165, 1.54) is 33.3 Å². The summed E-state index contributed by atoms with van der Waals surface area (Å²) in [5.41, 5.74) is -0.784. The molecule has 3 rings (SSSR count). The summed E-state index contributed by atoms with van der Waals surface area (Å²) in [6.45, 7) is 2.64. The second kappa shape index (κ2) is 11.0. The number of methoxy groups -OCH3 is 1. The zero-order valence-corrected chi connectivity index (χ0v) is 19.7. The number of rotatable bonds is 7. The number of hydrogen-bond donors (Lipinski definition) is 2. The van der Waals surface area contributed by atoms with Crippen molar-refractivity contribution in [1.29, 1.82) is 5.41 Å². The van der Waals surface area contributed by atoms with E-state index in [0.29, 0.717) is 32.6 Å². The van der Waals surface area contributed by atoms with Crippen molar-refractivity contribution in [1.82, 2.24) is 24.7 Å². The van der Waals surface area contributed by atoms with Gasteiger partial charge >= 0.3 is 0 Å². The predicted molar refractivity (Wildman–Crippen MR) is 123 cm³/mol. The summed E-state index contributed by atoms with van der Waals surface area (Å²) in [4.78, 5) is 50.0. The molecule has 2 aromatic rings. The quantitative estimate of drug-likeness (QED) is 0.431.